The second kappa shape index (κ2) is 6.99. The van der Waals surface area contributed by atoms with Gasteiger partial charge >= 0.3 is 0 Å². The standard InChI is InChI=1S/C17H22ClNO3/c18-15-3-1-13(2-4-15)7-10-19-16(20)14-5-8-17(9-6-14)21-11-12-22-17/h1-4,14H,5-12H2,(H,19,20). The second-order valence-electron chi connectivity index (χ2n) is 6.05. The summed E-state index contributed by atoms with van der Waals surface area (Å²) >= 11 is 5.86. The van der Waals surface area contributed by atoms with Crippen LogP contribution >= 0.6 is 11.6 Å². The minimum Gasteiger partial charge on any atom is -0.356 e. The van der Waals surface area contributed by atoms with E-state index in [1.165, 1.54) is 5.56 Å². The molecule has 0 unspecified atom stereocenters. The van der Waals surface area contributed by atoms with Crippen LogP contribution in [0.2, 0.25) is 5.02 Å². The van der Waals surface area contributed by atoms with Gasteiger partial charge < -0.3 is 14.8 Å². The number of benzene rings is 1. The molecule has 2 fully saturated rings. The maximum absolute atomic E-state index is 12.2. The molecule has 22 heavy (non-hydrogen) atoms. The molecule has 0 aromatic heterocycles. The van der Waals surface area contributed by atoms with Crippen LogP contribution in [-0.4, -0.2) is 31.5 Å². The Hall–Kier alpha value is -1.10. The number of ether oxygens (including phenoxy) is 2. The predicted molar refractivity (Wildman–Crippen MR) is 84.8 cm³/mol. The van der Waals surface area contributed by atoms with Gasteiger partial charge in [0.2, 0.25) is 5.91 Å². The summed E-state index contributed by atoms with van der Waals surface area (Å²) in [4.78, 5) is 12.2. The van der Waals surface area contributed by atoms with Gasteiger partial charge in [-0.05, 0) is 37.0 Å². The average molecular weight is 324 g/mol. The molecule has 1 aromatic rings. The lowest BCUT2D eigenvalue weighted by molar-refractivity contribution is -0.183. The van der Waals surface area contributed by atoms with Crippen LogP contribution in [0.15, 0.2) is 24.3 Å². The van der Waals surface area contributed by atoms with E-state index in [-0.39, 0.29) is 17.6 Å². The molecule has 1 spiro atoms. The van der Waals surface area contributed by atoms with E-state index < -0.39 is 0 Å². The third-order valence-electron chi connectivity index (χ3n) is 4.56. The van der Waals surface area contributed by atoms with Gasteiger partial charge in [0, 0.05) is 30.3 Å². The van der Waals surface area contributed by atoms with Crippen molar-refractivity contribution in [2.75, 3.05) is 19.8 Å². The van der Waals surface area contributed by atoms with E-state index in [9.17, 15) is 4.79 Å². The Bertz CT molecular complexity index is 501. The van der Waals surface area contributed by atoms with E-state index in [1.807, 2.05) is 24.3 Å². The lowest BCUT2D eigenvalue weighted by atomic mass is 9.84. The van der Waals surface area contributed by atoms with Gasteiger partial charge in [0.25, 0.3) is 0 Å². The molecule has 0 radical (unpaired) electrons. The summed E-state index contributed by atoms with van der Waals surface area (Å²) in [7, 11) is 0. The Morgan fingerprint density at radius 1 is 1.18 bits per heavy atom. The number of rotatable bonds is 4. The van der Waals surface area contributed by atoms with E-state index in [4.69, 9.17) is 21.1 Å². The van der Waals surface area contributed by atoms with Crippen molar-refractivity contribution < 1.29 is 14.3 Å². The highest BCUT2D eigenvalue weighted by Crippen LogP contribution is 2.38. The molecular weight excluding hydrogens is 302 g/mol. The summed E-state index contributed by atoms with van der Waals surface area (Å²) in [5, 5.41) is 3.78. The maximum atomic E-state index is 12.2. The lowest BCUT2D eigenvalue weighted by Crippen LogP contribution is -2.40. The topological polar surface area (TPSA) is 47.6 Å². The van der Waals surface area contributed by atoms with Gasteiger partial charge in [-0.3, -0.25) is 4.79 Å². The normalized spacial score (nSPS) is 21.1. The SMILES string of the molecule is O=C(NCCc1ccc(Cl)cc1)C1CCC2(CC1)OCCO2. The highest BCUT2D eigenvalue weighted by atomic mass is 35.5. The van der Waals surface area contributed by atoms with Crippen LogP contribution in [0.4, 0.5) is 0 Å². The first kappa shape index (κ1) is 15.8. The molecule has 3 rings (SSSR count). The molecule has 4 nitrogen and oxygen atoms in total. The molecule has 1 amide bonds. The van der Waals surface area contributed by atoms with Gasteiger partial charge in [-0.1, -0.05) is 23.7 Å². The van der Waals surface area contributed by atoms with Crippen LogP contribution in [0.5, 0.6) is 0 Å². The van der Waals surface area contributed by atoms with Crippen LogP contribution in [0.25, 0.3) is 0 Å². The zero-order valence-electron chi connectivity index (χ0n) is 12.6. The predicted octanol–water partition coefficient (Wildman–Crippen LogP) is 2.93. The van der Waals surface area contributed by atoms with Crippen LogP contribution in [-0.2, 0) is 20.7 Å². The van der Waals surface area contributed by atoms with Gasteiger partial charge in [0.15, 0.2) is 5.79 Å². The largest absolute Gasteiger partial charge is 0.356 e. The number of hydrogen-bond acceptors (Lipinski definition) is 3. The smallest absolute Gasteiger partial charge is 0.223 e. The third-order valence-corrected chi connectivity index (χ3v) is 4.81. The van der Waals surface area contributed by atoms with Crippen molar-refractivity contribution >= 4 is 17.5 Å². The molecule has 2 aliphatic rings. The van der Waals surface area contributed by atoms with Gasteiger partial charge in [-0.25, -0.2) is 0 Å². The molecule has 5 heteroatoms. The van der Waals surface area contributed by atoms with E-state index >= 15 is 0 Å². The summed E-state index contributed by atoms with van der Waals surface area (Å²) in [6, 6.07) is 7.74. The zero-order chi connectivity index (χ0) is 15.4. The molecule has 0 atom stereocenters. The number of halogens is 1. The van der Waals surface area contributed by atoms with E-state index in [0.29, 0.717) is 19.8 Å². The molecular formula is C17H22ClNO3. The molecule has 1 aromatic carbocycles. The Morgan fingerprint density at radius 3 is 2.45 bits per heavy atom. The molecule has 1 saturated heterocycles. The lowest BCUT2D eigenvalue weighted by Gasteiger charge is -2.34. The van der Waals surface area contributed by atoms with Crippen molar-refractivity contribution in [3.05, 3.63) is 34.9 Å². The van der Waals surface area contributed by atoms with Gasteiger partial charge in [0.05, 0.1) is 13.2 Å². The monoisotopic (exact) mass is 323 g/mol. The van der Waals surface area contributed by atoms with Crippen molar-refractivity contribution in [3.63, 3.8) is 0 Å². The number of hydrogen-bond donors (Lipinski definition) is 1. The van der Waals surface area contributed by atoms with Gasteiger partial charge in [-0.2, -0.15) is 0 Å². The molecule has 1 aliphatic carbocycles. The fraction of sp³-hybridized carbons (Fsp3) is 0.588. The van der Waals surface area contributed by atoms with Crippen molar-refractivity contribution in [1.29, 1.82) is 0 Å². The van der Waals surface area contributed by atoms with Gasteiger partial charge in [-0.15, -0.1) is 0 Å². The quantitative estimate of drug-likeness (QED) is 0.926. The van der Waals surface area contributed by atoms with Gasteiger partial charge in [0.1, 0.15) is 0 Å². The first-order valence-electron chi connectivity index (χ1n) is 7.97. The first-order chi connectivity index (χ1) is 10.7. The fourth-order valence-electron chi connectivity index (χ4n) is 3.23. The zero-order valence-corrected chi connectivity index (χ0v) is 13.4. The van der Waals surface area contributed by atoms with Crippen molar-refractivity contribution in [3.8, 4) is 0 Å². The number of carbonyl (C=O) groups is 1. The summed E-state index contributed by atoms with van der Waals surface area (Å²) in [6.45, 7) is 2.02. The summed E-state index contributed by atoms with van der Waals surface area (Å²) in [5.41, 5.74) is 1.18. The number of carbonyl (C=O) groups excluding carboxylic acids is 1. The highest BCUT2D eigenvalue weighted by molar-refractivity contribution is 6.30. The van der Waals surface area contributed by atoms with E-state index in [0.717, 1.165) is 37.1 Å². The molecule has 120 valence electrons. The minimum absolute atomic E-state index is 0.0867. The average Bonchev–Trinajstić information content (AvgIpc) is 2.98. The number of nitrogens with one attached hydrogen (secondary N) is 1. The third kappa shape index (κ3) is 3.80. The number of amides is 1. The van der Waals surface area contributed by atoms with Crippen LogP contribution in [0, 0.1) is 5.92 Å². The molecule has 1 saturated carbocycles. The molecule has 0 bridgehead atoms. The van der Waals surface area contributed by atoms with Crippen LogP contribution in [0.3, 0.4) is 0 Å². The highest BCUT2D eigenvalue weighted by Gasteiger charge is 2.41. The first-order valence-corrected chi connectivity index (χ1v) is 8.35. The Balaban J connectivity index is 1.40. The summed E-state index contributed by atoms with van der Waals surface area (Å²) < 4.78 is 11.4. The molecule has 1 heterocycles. The fourth-order valence-corrected chi connectivity index (χ4v) is 3.36. The maximum Gasteiger partial charge on any atom is 0.223 e. The van der Waals surface area contributed by atoms with E-state index in [2.05, 4.69) is 5.32 Å². The Labute approximate surface area is 136 Å². The molecule has 1 N–H and O–H groups in total. The summed E-state index contributed by atoms with van der Waals surface area (Å²) in [6.07, 6.45) is 4.15. The van der Waals surface area contributed by atoms with Crippen molar-refractivity contribution in [1.82, 2.24) is 5.32 Å². The second-order valence-corrected chi connectivity index (χ2v) is 6.49. The van der Waals surface area contributed by atoms with Crippen LogP contribution in [0.1, 0.15) is 31.2 Å². The van der Waals surface area contributed by atoms with Crippen LogP contribution < -0.4 is 5.32 Å². The Kier molecular flexibility index (Phi) is 5.01. The van der Waals surface area contributed by atoms with Crippen molar-refractivity contribution in [2.45, 2.75) is 37.9 Å². The minimum atomic E-state index is -0.389. The summed E-state index contributed by atoms with van der Waals surface area (Å²) in [5.74, 6) is -0.148. The van der Waals surface area contributed by atoms with E-state index in [1.54, 1.807) is 0 Å². The molecule has 1 aliphatic heterocycles. The van der Waals surface area contributed by atoms with Crippen molar-refractivity contribution in [2.24, 2.45) is 5.92 Å². The Morgan fingerprint density at radius 2 is 1.82 bits per heavy atom.